The van der Waals surface area contributed by atoms with Crippen LogP contribution in [0.3, 0.4) is 0 Å². The largest absolute Gasteiger partial charge is 0.322 e. The molecule has 26 heavy (non-hydrogen) atoms. The predicted molar refractivity (Wildman–Crippen MR) is 99.3 cm³/mol. The molecule has 0 spiro atoms. The summed E-state index contributed by atoms with van der Waals surface area (Å²) in [6.07, 6.45) is 1.68. The molecule has 4 nitrogen and oxygen atoms in total. The molecule has 0 aliphatic carbocycles. The fourth-order valence-electron chi connectivity index (χ4n) is 2.74. The number of fused-ring (bicyclic) bond motifs is 1. The molecular weight excluding hydrogens is 329 g/mol. The van der Waals surface area contributed by atoms with Crippen LogP contribution in [-0.4, -0.2) is 15.9 Å². The van der Waals surface area contributed by atoms with Crippen LogP contribution in [0.4, 0.5) is 10.1 Å². The molecule has 0 aliphatic rings. The normalized spacial score (nSPS) is 10.7. The molecule has 1 N–H and O–H groups in total. The molecular formula is C21H14FN3O. The highest BCUT2D eigenvalue weighted by Crippen LogP contribution is 2.24. The van der Waals surface area contributed by atoms with Crippen LogP contribution >= 0.6 is 0 Å². The lowest BCUT2D eigenvalue weighted by Gasteiger charge is -2.10. The number of nitrogens with one attached hydrogen (secondary N) is 1. The van der Waals surface area contributed by atoms with Gasteiger partial charge in [0.1, 0.15) is 5.82 Å². The van der Waals surface area contributed by atoms with Crippen molar-refractivity contribution in [3.8, 4) is 11.4 Å². The minimum absolute atomic E-state index is 0.285. The number of para-hydroxylation sites is 1. The van der Waals surface area contributed by atoms with Gasteiger partial charge in [0.25, 0.3) is 5.91 Å². The Morgan fingerprint density at radius 2 is 1.65 bits per heavy atom. The summed E-state index contributed by atoms with van der Waals surface area (Å²) in [5.41, 5.74) is 3.03. The van der Waals surface area contributed by atoms with Crippen LogP contribution in [0.25, 0.3) is 22.3 Å². The molecule has 0 atom stereocenters. The number of pyridine rings is 2. The van der Waals surface area contributed by atoms with Crippen LogP contribution in [0, 0.1) is 5.82 Å². The number of nitrogens with zero attached hydrogens (tertiary/aromatic N) is 2. The number of carbonyl (C=O) groups is 1. The minimum atomic E-state index is -0.352. The highest BCUT2D eigenvalue weighted by atomic mass is 19.1. The van der Waals surface area contributed by atoms with Crippen molar-refractivity contribution in [2.75, 3.05) is 5.32 Å². The fourth-order valence-corrected chi connectivity index (χ4v) is 2.74. The number of hydrogen-bond donors (Lipinski definition) is 1. The van der Waals surface area contributed by atoms with Crippen molar-refractivity contribution in [1.29, 1.82) is 0 Å². The molecule has 2 aromatic heterocycles. The first kappa shape index (κ1) is 15.9. The first-order chi connectivity index (χ1) is 12.7. The van der Waals surface area contributed by atoms with E-state index < -0.39 is 0 Å². The molecule has 4 aromatic rings. The van der Waals surface area contributed by atoms with Crippen LogP contribution in [0.1, 0.15) is 10.4 Å². The van der Waals surface area contributed by atoms with Crippen molar-refractivity contribution < 1.29 is 9.18 Å². The number of halogens is 1. The number of benzene rings is 2. The molecule has 126 valence electrons. The molecule has 0 fully saturated rings. The Morgan fingerprint density at radius 1 is 0.885 bits per heavy atom. The molecule has 0 unspecified atom stereocenters. The van der Waals surface area contributed by atoms with E-state index in [0.717, 1.165) is 5.39 Å². The van der Waals surface area contributed by atoms with Gasteiger partial charge in [-0.3, -0.25) is 9.78 Å². The summed E-state index contributed by atoms with van der Waals surface area (Å²) in [7, 11) is 0. The van der Waals surface area contributed by atoms with Gasteiger partial charge in [0.2, 0.25) is 0 Å². The zero-order valence-electron chi connectivity index (χ0n) is 13.7. The maximum atomic E-state index is 13.1. The molecule has 0 bridgehead atoms. The highest BCUT2D eigenvalue weighted by Gasteiger charge is 2.14. The van der Waals surface area contributed by atoms with Crippen molar-refractivity contribution in [2.45, 2.75) is 0 Å². The molecule has 0 radical (unpaired) electrons. The van der Waals surface area contributed by atoms with Gasteiger partial charge in [-0.1, -0.05) is 24.3 Å². The van der Waals surface area contributed by atoms with Gasteiger partial charge in [-0.15, -0.1) is 0 Å². The third-order valence-corrected chi connectivity index (χ3v) is 3.99. The van der Waals surface area contributed by atoms with E-state index in [2.05, 4.69) is 15.3 Å². The molecule has 0 aliphatic heterocycles. The summed E-state index contributed by atoms with van der Waals surface area (Å²) >= 11 is 0. The highest BCUT2D eigenvalue weighted by molar-refractivity contribution is 6.13. The van der Waals surface area contributed by atoms with E-state index in [0.29, 0.717) is 28.2 Å². The molecule has 0 saturated heterocycles. The second kappa shape index (κ2) is 6.72. The van der Waals surface area contributed by atoms with Gasteiger partial charge in [-0.25, -0.2) is 9.37 Å². The molecule has 2 heterocycles. The van der Waals surface area contributed by atoms with Gasteiger partial charge in [0.15, 0.2) is 0 Å². The van der Waals surface area contributed by atoms with Crippen LogP contribution in [0.2, 0.25) is 0 Å². The van der Waals surface area contributed by atoms with Crippen LogP contribution in [-0.2, 0) is 0 Å². The summed E-state index contributed by atoms with van der Waals surface area (Å²) in [5, 5.41) is 3.54. The van der Waals surface area contributed by atoms with E-state index in [-0.39, 0.29) is 11.7 Å². The molecule has 4 rings (SSSR count). The SMILES string of the molecule is O=C(Nc1ccc(F)cc1)c1cc(-c2ccccn2)nc2ccccc12. The van der Waals surface area contributed by atoms with Gasteiger partial charge in [0, 0.05) is 17.3 Å². The van der Waals surface area contributed by atoms with E-state index >= 15 is 0 Å². The average molecular weight is 343 g/mol. The van der Waals surface area contributed by atoms with E-state index in [4.69, 9.17) is 0 Å². The Bertz CT molecular complexity index is 1080. The number of carbonyl (C=O) groups excluding carboxylic acids is 1. The first-order valence-electron chi connectivity index (χ1n) is 8.09. The number of anilines is 1. The summed E-state index contributed by atoms with van der Waals surface area (Å²) in [6.45, 7) is 0. The average Bonchev–Trinajstić information content (AvgIpc) is 2.69. The standard InChI is InChI=1S/C21H14FN3O/c22-14-8-10-15(11-9-14)24-21(26)17-13-20(19-7-3-4-12-23-19)25-18-6-2-1-5-16(17)18/h1-13H,(H,24,26). The van der Waals surface area contributed by atoms with Gasteiger partial charge >= 0.3 is 0 Å². The number of amides is 1. The monoisotopic (exact) mass is 343 g/mol. The van der Waals surface area contributed by atoms with E-state index in [1.54, 1.807) is 12.3 Å². The Hall–Kier alpha value is -3.60. The summed E-state index contributed by atoms with van der Waals surface area (Å²) in [4.78, 5) is 21.8. The molecule has 5 heteroatoms. The van der Waals surface area contributed by atoms with Crippen molar-refractivity contribution in [1.82, 2.24) is 9.97 Å². The van der Waals surface area contributed by atoms with E-state index in [9.17, 15) is 9.18 Å². The zero-order chi connectivity index (χ0) is 17.9. The quantitative estimate of drug-likeness (QED) is 0.587. The first-order valence-corrected chi connectivity index (χ1v) is 8.09. The van der Waals surface area contributed by atoms with Crippen LogP contribution in [0.15, 0.2) is 79.0 Å². The molecule has 0 saturated carbocycles. The van der Waals surface area contributed by atoms with E-state index in [1.807, 2.05) is 42.5 Å². The maximum absolute atomic E-state index is 13.1. The van der Waals surface area contributed by atoms with Crippen molar-refractivity contribution >= 4 is 22.5 Å². The Kier molecular flexibility index (Phi) is 4.11. The minimum Gasteiger partial charge on any atom is -0.322 e. The van der Waals surface area contributed by atoms with Crippen LogP contribution in [0.5, 0.6) is 0 Å². The predicted octanol–water partition coefficient (Wildman–Crippen LogP) is 4.69. The van der Waals surface area contributed by atoms with Gasteiger partial charge in [-0.05, 0) is 48.5 Å². The number of rotatable bonds is 3. The van der Waals surface area contributed by atoms with Crippen molar-refractivity contribution in [3.63, 3.8) is 0 Å². The van der Waals surface area contributed by atoms with Crippen LogP contribution < -0.4 is 5.32 Å². The third kappa shape index (κ3) is 3.15. The smallest absolute Gasteiger partial charge is 0.256 e. The lowest BCUT2D eigenvalue weighted by atomic mass is 10.1. The molecule has 2 aromatic carbocycles. The van der Waals surface area contributed by atoms with Crippen molar-refractivity contribution in [3.05, 3.63) is 90.4 Å². The Morgan fingerprint density at radius 3 is 2.42 bits per heavy atom. The number of hydrogen-bond acceptors (Lipinski definition) is 3. The lowest BCUT2D eigenvalue weighted by molar-refractivity contribution is 0.102. The fraction of sp³-hybridized carbons (Fsp3) is 0. The Balaban J connectivity index is 1.79. The summed E-state index contributed by atoms with van der Waals surface area (Å²) < 4.78 is 13.1. The third-order valence-electron chi connectivity index (χ3n) is 3.99. The maximum Gasteiger partial charge on any atom is 0.256 e. The Labute approximate surface area is 149 Å². The second-order valence-electron chi connectivity index (χ2n) is 5.75. The summed E-state index contributed by atoms with van der Waals surface area (Å²) in [5.74, 6) is -0.637. The lowest BCUT2D eigenvalue weighted by Crippen LogP contribution is -2.13. The van der Waals surface area contributed by atoms with Crippen molar-refractivity contribution in [2.24, 2.45) is 0 Å². The van der Waals surface area contributed by atoms with Gasteiger partial charge in [-0.2, -0.15) is 0 Å². The topological polar surface area (TPSA) is 54.9 Å². The van der Waals surface area contributed by atoms with Gasteiger partial charge in [0.05, 0.1) is 22.5 Å². The zero-order valence-corrected chi connectivity index (χ0v) is 13.7. The number of aromatic nitrogens is 2. The van der Waals surface area contributed by atoms with E-state index in [1.165, 1.54) is 24.3 Å². The summed E-state index contributed by atoms with van der Waals surface area (Å²) in [6, 6.07) is 20.4. The van der Waals surface area contributed by atoms with Gasteiger partial charge < -0.3 is 5.32 Å². The molecule has 1 amide bonds. The second-order valence-corrected chi connectivity index (χ2v) is 5.75.